The molecule has 0 N–H and O–H groups in total. The van der Waals surface area contributed by atoms with Gasteiger partial charge in [-0.15, -0.1) is 0 Å². The summed E-state index contributed by atoms with van der Waals surface area (Å²) in [5.41, 5.74) is 1.28. The normalized spacial score (nSPS) is 21.1. The molecule has 0 fully saturated rings. The molecular formula is C22H28ClNO3S. The van der Waals surface area contributed by atoms with Crippen LogP contribution < -0.4 is 9.64 Å². The van der Waals surface area contributed by atoms with Crippen molar-refractivity contribution in [3.63, 3.8) is 0 Å². The predicted molar refractivity (Wildman–Crippen MR) is 116 cm³/mol. The topological polar surface area (TPSA) is 46.6 Å². The number of halogens is 1. The van der Waals surface area contributed by atoms with Crippen LogP contribution in [0.2, 0.25) is 5.02 Å². The Morgan fingerprint density at radius 3 is 2.50 bits per heavy atom. The lowest BCUT2D eigenvalue weighted by atomic mass is 9.81. The van der Waals surface area contributed by atoms with Crippen LogP contribution in [-0.2, 0) is 9.84 Å². The van der Waals surface area contributed by atoms with Crippen LogP contribution in [0.1, 0.15) is 39.5 Å². The molecule has 3 rings (SSSR count). The average Bonchev–Trinajstić information content (AvgIpc) is 2.79. The van der Waals surface area contributed by atoms with Gasteiger partial charge in [0.1, 0.15) is 5.75 Å². The van der Waals surface area contributed by atoms with Crippen LogP contribution in [0, 0.1) is 5.41 Å². The number of para-hydroxylation sites is 1. The van der Waals surface area contributed by atoms with Crippen molar-refractivity contribution in [3.05, 3.63) is 47.5 Å². The van der Waals surface area contributed by atoms with Crippen molar-refractivity contribution < 1.29 is 13.2 Å². The molecule has 1 aliphatic heterocycles. The van der Waals surface area contributed by atoms with E-state index < -0.39 is 9.84 Å². The fourth-order valence-corrected chi connectivity index (χ4v) is 6.43. The van der Waals surface area contributed by atoms with Crippen molar-refractivity contribution in [3.8, 4) is 5.75 Å². The maximum atomic E-state index is 13.5. The Morgan fingerprint density at radius 1 is 1.18 bits per heavy atom. The molecule has 0 radical (unpaired) electrons. The summed E-state index contributed by atoms with van der Waals surface area (Å²) >= 11 is 6.40. The summed E-state index contributed by atoms with van der Waals surface area (Å²) in [6, 6.07) is 13.2. The molecule has 0 amide bonds. The van der Waals surface area contributed by atoms with Crippen LogP contribution in [0.15, 0.2) is 47.4 Å². The summed E-state index contributed by atoms with van der Waals surface area (Å²) in [6.45, 7) is 4.88. The Bertz CT molecular complexity index is 930. The van der Waals surface area contributed by atoms with Crippen molar-refractivity contribution in [1.82, 2.24) is 0 Å². The van der Waals surface area contributed by atoms with E-state index in [1.165, 1.54) is 7.11 Å². The molecule has 0 unspecified atom stereocenters. The highest BCUT2D eigenvalue weighted by atomic mass is 35.5. The summed E-state index contributed by atoms with van der Waals surface area (Å²) in [5.74, 6) is 0.520. The van der Waals surface area contributed by atoms with E-state index in [2.05, 4.69) is 18.7 Å². The van der Waals surface area contributed by atoms with Gasteiger partial charge in [0, 0.05) is 23.7 Å². The molecule has 0 bridgehead atoms. The first-order valence-electron chi connectivity index (χ1n) is 9.78. The van der Waals surface area contributed by atoms with E-state index in [-0.39, 0.29) is 11.2 Å². The molecule has 28 heavy (non-hydrogen) atoms. The van der Waals surface area contributed by atoms with Gasteiger partial charge in [-0.25, -0.2) is 8.42 Å². The predicted octanol–water partition coefficient (Wildman–Crippen LogP) is 5.86. The summed E-state index contributed by atoms with van der Waals surface area (Å²) in [4.78, 5) is 2.41. The summed E-state index contributed by atoms with van der Waals surface area (Å²) in [7, 11) is -2.00. The van der Waals surface area contributed by atoms with Crippen molar-refractivity contribution in [1.29, 1.82) is 0 Å². The van der Waals surface area contributed by atoms with Gasteiger partial charge in [-0.1, -0.05) is 56.5 Å². The number of sulfone groups is 1. The third kappa shape index (κ3) is 4.01. The first kappa shape index (κ1) is 21.0. The fourth-order valence-electron chi connectivity index (χ4n) is 4.02. The van der Waals surface area contributed by atoms with Crippen LogP contribution in [0.25, 0.3) is 0 Å². The number of benzene rings is 2. The van der Waals surface area contributed by atoms with Crippen molar-refractivity contribution >= 4 is 32.8 Å². The number of unbranched alkanes of at least 4 members (excludes halogenated alkanes) is 1. The van der Waals surface area contributed by atoms with Crippen LogP contribution in [0.4, 0.5) is 11.4 Å². The van der Waals surface area contributed by atoms with E-state index in [1.54, 1.807) is 12.1 Å². The zero-order valence-corrected chi connectivity index (χ0v) is 18.3. The van der Waals surface area contributed by atoms with Gasteiger partial charge in [-0.3, -0.25) is 0 Å². The van der Waals surface area contributed by atoms with Crippen molar-refractivity contribution in [2.75, 3.05) is 24.3 Å². The molecule has 1 atom stereocenters. The van der Waals surface area contributed by atoms with Gasteiger partial charge >= 0.3 is 0 Å². The van der Waals surface area contributed by atoms with E-state index >= 15 is 0 Å². The molecule has 4 nitrogen and oxygen atoms in total. The van der Waals surface area contributed by atoms with Gasteiger partial charge in [-0.05, 0) is 31.0 Å². The van der Waals surface area contributed by atoms with Crippen molar-refractivity contribution in [2.24, 2.45) is 5.41 Å². The highest BCUT2D eigenvalue weighted by Crippen LogP contribution is 2.46. The van der Waals surface area contributed by atoms with Crippen LogP contribution in [0.3, 0.4) is 0 Å². The smallest absolute Gasteiger partial charge is 0.181 e. The quantitative estimate of drug-likeness (QED) is 0.585. The summed E-state index contributed by atoms with van der Waals surface area (Å²) in [6.07, 6.45) is 3.72. The minimum absolute atomic E-state index is 0.137. The van der Waals surface area contributed by atoms with Gasteiger partial charge in [0.2, 0.25) is 0 Å². The maximum absolute atomic E-state index is 13.5. The third-order valence-corrected chi connectivity index (χ3v) is 8.01. The first-order chi connectivity index (χ1) is 13.4. The summed E-state index contributed by atoms with van der Waals surface area (Å²) in [5, 5.41) is 0.412. The Balaban J connectivity index is 2.25. The molecule has 6 heteroatoms. The molecule has 1 aliphatic rings. The van der Waals surface area contributed by atoms with E-state index in [4.69, 9.17) is 16.3 Å². The van der Waals surface area contributed by atoms with Gasteiger partial charge in [-0.2, -0.15) is 0 Å². The molecule has 0 aliphatic carbocycles. The van der Waals surface area contributed by atoms with Gasteiger partial charge < -0.3 is 9.64 Å². The molecule has 1 heterocycles. The van der Waals surface area contributed by atoms with E-state index in [0.717, 1.165) is 31.4 Å². The Morgan fingerprint density at radius 2 is 1.89 bits per heavy atom. The van der Waals surface area contributed by atoms with Gasteiger partial charge in [0.05, 0.1) is 28.5 Å². The third-order valence-electron chi connectivity index (χ3n) is 5.73. The van der Waals surface area contributed by atoms with E-state index in [9.17, 15) is 8.42 Å². The lowest BCUT2D eigenvalue weighted by molar-refractivity contribution is 0.290. The Hall–Kier alpha value is -1.72. The molecule has 2 aromatic carbocycles. The molecule has 0 aromatic heterocycles. The lowest BCUT2D eigenvalue weighted by Gasteiger charge is -2.36. The minimum atomic E-state index is -3.50. The molecule has 152 valence electrons. The second-order valence-corrected chi connectivity index (χ2v) is 9.96. The highest BCUT2D eigenvalue weighted by molar-refractivity contribution is 7.91. The van der Waals surface area contributed by atoms with E-state index in [1.807, 2.05) is 30.3 Å². The molecule has 0 saturated heterocycles. The second kappa shape index (κ2) is 8.34. The number of ether oxygens (including phenoxy) is 1. The highest BCUT2D eigenvalue weighted by Gasteiger charge is 2.41. The van der Waals surface area contributed by atoms with Crippen molar-refractivity contribution in [2.45, 2.75) is 44.4 Å². The number of hydrogen-bond donors (Lipinski definition) is 0. The number of nitrogens with zero attached hydrogens (tertiary/aromatic N) is 1. The SMILES string of the molecule is CCCC[C@@]1(CC)CN(c2ccccc2)c2cc(Cl)c(OC)cc2S(=O)(=O)C1. The fraction of sp³-hybridized carbons (Fsp3) is 0.455. The number of anilines is 2. The van der Waals surface area contributed by atoms with Crippen LogP contribution >= 0.6 is 11.6 Å². The largest absolute Gasteiger partial charge is 0.495 e. The molecular weight excluding hydrogens is 394 g/mol. The van der Waals surface area contributed by atoms with E-state index in [0.29, 0.717) is 27.9 Å². The standard InChI is InChI=1S/C22H28ClNO3S/c1-4-6-12-22(5-2)15-24(17-10-8-7-9-11-17)19-13-18(23)20(27-3)14-21(19)28(25,26)16-22/h7-11,13-14H,4-6,12,15-16H2,1-3H3/t22-/m0/s1. The Labute approximate surface area is 173 Å². The molecule has 0 spiro atoms. The second-order valence-electron chi connectivity index (χ2n) is 7.59. The number of hydrogen-bond acceptors (Lipinski definition) is 4. The zero-order valence-electron chi connectivity index (χ0n) is 16.7. The number of rotatable bonds is 6. The zero-order chi connectivity index (χ0) is 20.4. The minimum Gasteiger partial charge on any atom is -0.495 e. The van der Waals surface area contributed by atoms with Gasteiger partial charge in [0.25, 0.3) is 0 Å². The Kier molecular flexibility index (Phi) is 6.25. The van der Waals surface area contributed by atoms with Gasteiger partial charge in [0.15, 0.2) is 9.84 Å². The summed E-state index contributed by atoms with van der Waals surface area (Å²) < 4.78 is 32.2. The van der Waals surface area contributed by atoms with Crippen LogP contribution in [0.5, 0.6) is 5.75 Å². The lowest BCUT2D eigenvalue weighted by Crippen LogP contribution is -2.37. The maximum Gasteiger partial charge on any atom is 0.181 e. The van der Waals surface area contributed by atoms with Crippen LogP contribution in [-0.4, -0.2) is 27.8 Å². The number of fused-ring (bicyclic) bond motifs is 1. The first-order valence-corrected chi connectivity index (χ1v) is 11.8. The number of methoxy groups -OCH3 is 1. The average molecular weight is 422 g/mol. The molecule has 0 saturated carbocycles. The monoisotopic (exact) mass is 421 g/mol. The molecule has 2 aromatic rings.